The molecule has 0 atom stereocenters. The predicted octanol–water partition coefficient (Wildman–Crippen LogP) is 1.83. The van der Waals surface area contributed by atoms with Crippen LogP contribution in [0.25, 0.3) is 0 Å². The van der Waals surface area contributed by atoms with E-state index in [1.165, 1.54) is 0 Å². The average Bonchev–Trinajstić information content (AvgIpc) is 2.38. The van der Waals surface area contributed by atoms with Gasteiger partial charge in [-0.15, -0.1) is 0 Å². The molecule has 4 nitrogen and oxygen atoms in total. The van der Waals surface area contributed by atoms with Crippen molar-refractivity contribution in [3.8, 4) is 11.5 Å². The maximum Gasteiger partial charge on any atom is 0.161 e. The molecule has 0 spiro atoms. The van der Waals surface area contributed by atoms with Crippen LogP contribution in [0.3, 0.4) is 0 Å². The molecule has 0 saturated carbocycles. The highest BCUT2D eigenvalue weighted by Crippen LogP contribution is 2.26. The molecular formula is C14H24N2O2. The van der Waals surface area contributed by atoms with Crippen LogP contribution in [0.15, 0.2) is 18.2 Å². The maximum absolute atomic E-state index is 9.59. The molecule has 0 aromatic heterocycles. The lowest BCUT2D eigenvalue weighted by Crippen LogP contribution is -2.28. The molecule has 0 bridgehead atoms. The molecule has 0 fully saturated rings. The van der Waals surface area contributed by atoms with Crippen LogP contribution in [0.1, 0.15) is 19.4 Å². The third-order valence-corrected chi connectivity index (χ3v) is 2.86. The number of benzene rings is 1. The number of phenolic OH excluding ortho intramolecular Hbond substituents is 1. The molecule has 1 rings (SSSR count). The van der Waals surface area contributed by atoms with E-state index in [1.807, 2.05) is 19.1 Å². The van der Waals surface area contributed by atoms with Crippen LogP contribution in [0.5, 0.6) is 11.5 Å². The molecule has 2 N–H and O–H groups in total. The minimum absolute atomic E-state index is 0.200. The topological polar surface area (TPSA) is 44.7 Å². The molecule has 102 valence electrons. The summed E-state index contributed by atoms with van der Waals surface area (Å²) >= 11 is 0. The first kappa shape index (κ1) is 14.8. The third kappa shape index (κ3) is 4.94. The fourth-order valence-electron chi connectivity index (χ4n) is 1.60. The van der Waals surface area contributed by atoms with E-state index < -0.39 is 0 Å². The minimum Gasteiger partial charge on any atom is -0.504 e. The number of hydrogen-bond acceptors (Lipinski definition) is 4. The SMILES string of the molecule is CCOc1cc(CNCCN(C)CC)ccc1O. The highest BCUT2D eigenvalue weighted by Gasteiger charge is 2.03. The molecule has 0 heterocycles. The van der Waals surface area contributed by atoms with Crippen molar-refractivity contribution in [3.63, 3.8) is 0 Å². The van der Waals surface area contributed by atoms with E-state index >= 15 is 0 Å². The summed E-state index contributed by atoms with van der Waals surface area (Å²) in [5, 5.41) is 13.0. The van der Waals surface area contributed by atoms with E-state index in [0.717, 1.165) is 31.7 Å². The van der Waals surface area contributed by atoms with Crippen LogP contribution in [0, 0.1) is 0 Å². The molecule has 0 aliphatic heterocycles. The van der Waals surface area contributed by atoms with Gasteiger partial charge in [0.2, 0.25) is 0 Å². The van der Waals surface area contributed by atoms with Gasteiger partial charge in [0, 0.05) is 19.6 Å². The van der Waals surface area contributed by atoms with E-state index in [9.17, 15) is 5.11 Å². The third-order valence-electron chi connectivity index (χ3n) is 2.86. The summed E-state index contributed by atoms with van der Waals surface area (Å²) in [5.74, 6) is 0.758. The summed E-state index contributed by atoms with van der Waals surface area (Å²) in [6.07, 6.45) is 0. The zero-order valence-electron chi connectivity index (χ0n) is 11.6. The predicted molar refractivity (Wildman–Crippen MR) is 74.2 cm³/mol. The number of phenols is 1. The standard InChI is InChI=1S/C14H24N2O2/c1-4-16(3)9-8-15-11-12-6-7-13(17)14(10-12)18-5-2/h6-7,10,15,17H,4-5,8-9,11H2,1-3H3. The van der Waals surface area contributed by atoms with Crippen molar-refractivity contribution in [3.05, 3.63) is 23.8 Å². The number of hydrogen-bond donors (Lipinski definition) is 2. The van der Waals surface area contributed by atoms with Crippen molar-refractivity contribution in [2.24, 2.45) is 0 Å². The average molecular weight is 252 g/mol. The Balaban J connectivity index is 2.40. The molecule has 1 aromatic rings. The smallest absolute Gasteiger partial charge is 0.161 e. The second-order valence-corrected chi connectivity index (χ2v) is 4.31. The largest absolute Gasteiger partial charge is 0.504 e. The molecule has 0 unspecified atom stereocenters. The highest BCUT2D eigenvalue weighted by molar-refractivity contribution is 5.41. The van der Waals surface area contributed by atoms with Gasteiger partial charge in [-0.2, -0.15) is 0 Å². The molecule has 1 aromatic carbocycles. The molecule has 0 radical (unpaired) electrons. The van der Waals surface area contributed by atoms with Crippen molar-refractivity contribution in [1.29, 1.82) is 0 Å². The summed E-state index contributed by atoms with van der Waals surface area (Å²) in [7, 11) is 2.11. The number of nitrogens with zero attached hydrogens (tertiary/aromatic N) is 1. The van der Waals surface area contributed by atoms with Crippen LogP contribution < -0.4 is 10.1 Å². The van der Waals surface area contributed by atoms with Crippen molar-refractivity contribution in [2.75, 3.05) is 33.3 Å². The molecule has 0 amide bonds. The highest BCUT2D eigenvalue weighted by atomic mass is 16.5. The maximum atomic E-state index is 9.59. The van der Waals surface area contributed by atoms with Gasteiger partial charge in [-0.25, -0.2) is 0 Å². The minimum atomic E-state index is 0.200. The fraction of sp³-hybridized carbons (Fsp3) is 0.571. The molecular weight excluding hydrogens is 228 g/mol. The summed E-state index contributed by atoms with van der Waals surface area (Å²) in [6.45, 7) is 8.46. The Hall–Kier alpha value is -1.26. The first-order valence-electron chi connectivity index (χ1n) is 6.51. The number of likely N-dealkylation sites (N-methyl/N-ethyl adjacent to an activating group) is 1. The second-order valence-electron chi connectivity index (χ2n) is 4.31. The molecule has 4 heteroatoms. The number of ether oxygens (including phenoxy) is 1. The zero-order chi connectivity index (χ0) is 13.4. The van der Waals surface area contributed by atoms with Gasteiger partial charge in [-0.3, -0.25) is 0 Å². The van der Waals surface area contributed by atoms with E-state index in [2.05, 4.69) is 24.2 Å². The van der Waals surface area contributed by atoms with E-state index in [4.69, 9.17) is 4.74 Å². The lowest BCUT2D eigenvalue weighted by Gasteiger charge is -2.14. The summed E-state index contributed by atoms with van der Waals surface area (Å²) in [6, 6.07) is 5.48. The van der Waals surface area contributed by atoms with Gasteiger partial charge in [0.05, 0.1) is 6.61 Å². The first-order valence-corrected chi connectivity index (χ1v) is 6.51. The molecule has 0 aliphatic rings. The normalized spacial score (nSPS) is 10.9. The quantitative estimate of drug-likeness (QED) is 0.693. The monoisotopic (exact) mass is 252 g/mol. The molecule has 18 heavy (non-hydrogen) atoms. The van der Waals surface area contributed by atoms with Crippen LogP contribution in [-0.2, 0) is 6.54 Å². The van der Waals surface area contributed by atoms with Crippen LogP contribution in [-0.4, -0.2) is 43.3 Å². The van der Waals surface area contributed by atoms with Gasteiger partial charge in [-0.1, -0.05) is 13.0 Å². The van der Waals surface area contributed by atoms with Crippen LogP contribution in [0.4, 0.5) is 0 Å². The van der Waals surface area contributed by atoms with Gasteiger partial charge in [0.15, 0.2) is 11.5 Å². The lowest BCUT2D eigenvalue weighted by atomic mass is 10.2. The summed E-state index contributed by atoms with van der Waals surface area (Å²) in [5.41, 5.74) is 1.12. The number of aromatic hydroxyl groups is 1. The van der Waals surface area contributed by atoms with Crippen LogP contribution >= 0.6 is 0 Å². The Labute approximate surface area is 110 Å². The van der Waals surface area contributed by atoms with E-state index in [1.54, 1.807) is 6.07 Å². The summed E-state index contributed by atoms with van der Waals surface area (Å²) in [4.78, 5) is 2.26. The van der Waals surface area contributed by atoms with Crippen molar-refractivity contribution >= 4 is 0 Å². The second kappa shape index (κ2) is 7.95. The number of rotatable bonds is 8. The Morgan fingerprint density at radius 3 is 2.78 bits per heavy atom. The van der Waals surface area contributed by atoms with Crippen molar-refractivity contribution in [1.82, 2.24) is 10.2 Å². The Bertz CT molecular complexity index is 356. The van der Waals surface area contributed by atoms with Crippen molar-refractivity contribution in [2.45, 2.75) is 20.4 Å². The van der Waals surface area contributed by atoms with Crippen LogP contribution in [0.2, 0.25) is 0 Å². The van der Waals surface area contributed by atoms with Crippen molar-refractivity contribution < 1.29 is 9.84 Å². The van der Waals surface area contributed by atoms with Gasteiger partial charge in [-0.05, 0) is 38.2 Å². The first-order chi connectivity index (χ1) is 8.67. The van der Waals surface area contributed by atoms with Gasteiger partial charge in [0.1, 0.15) is 0 Å². The fourth-order valence-corrected chi connectivity index (χ4v) is 1.60. The Morgan fingerprint density at radius 2 is 2.11 bits per heavy atom. The zero-order valence-corrected chi connectivity index (χ0v) is 11.6. The Kier molecular flexibility index (Phi) is 6.54. The van der Waals surface area contributed by atoms with Gasteiger partial charge < -0.3 is 20.1 Å². The molecule has 0 aliphatic carbocycles. The van der Waals surface area contributed by atoms with Gasteiger partial charge >= 0.3 is 0 Å². The summed E-state index contributed by atoms with van der Waals surface area (Å²) < 4.78 is 5.35. The van der Waals surface area contributed by atoms with E-state index in [0.29, 0.717) is 12.4 Å². The Morgan fingerprint density at radius 1 is 1.33 bits per heavy atom. The number of nitrogens with one attached hydrogen (secondary N) is 1. The van der Waals surface area contributed by atoms with Gasteiger partial charge in [0.25, 0.3) is 0 Å². The molecule has 0 saturated heterocycles. The lowest BCUT2D eigenvalue weighted by molar-refractivity contribution is 0.317. The van der Waals surface area contributed by atoms with E-state index in [-0.39, 0.29) is 5.75 Å².